The molecule has 1 atom stereocenters. The van der Waals surface area contributed by atoms with Crippen LogP contribution in [0.2, 0.25) is 0 Å². The Balaban J connectivity index is 0.000000241. The van der Waals surface area contributed by atoms with Crippen LogP contribution in [0.25, 0.3) is 0 Å². The molecule has 0 aliphatic carbocycles. The molecule has 1 N–H and O–H groups in total. The van der Waals surface area contributed by atoms with Gasteiger partial charge in [-0.2, -0.15) is 0 Å². The molecule has 0 aromatic rings. The third kappa shape index (κ3) is 6.74. The molecule has 0 spiro atoms. The summed E-state index contributed by atoms with van der Waals surface area (Å²) in [6.45, 7) is 0. The van der Waals surface area contributed by atoms with Crippen molar-refractivity contribution in [2.45, 2.75) is 12.5 Å². The molecule has 1 unspecified atom stereocenters. The lowest BCUT2D eigenvalue weighted by atomic mass is 10.2. The van der Waals surface area contributed by atoms with E-state index in [9.17, 15) is 9.59 Å². The minimum atomic E-state index is -0.958. The molecular weight excluding hydrogens is 231 g/mol. The van der Waals surface area contributed by atoms with E-state index in [1.807, 2.05) is 0 Å². The number of allylic oxidation sites excluding steroid dienone is 1. The van der Waals surface area contributed by atoms with Crippen LogP contribution in [0.15, 0.2) is 12.2 Å². The fourth-order valence-electron chi connectivity index (χ4n) is 0.594. The lowest BCUT2D eigenvalue weighted by Crippen LogP contribution is -2.33. The molecule has 1 fully saturated rings. The Morgan fingerprint density at radius 3 is 2.36 bits per heavy atom. The molecule has 1 saturated heterocycles. The normalized spacial score (nSPS) is 19.3. The van der Waals surface area contributed by atoms with E-state index in [2.05, 4.69) is 4.74 Å². The van der Waals surface area contributed by atoms with Crippen molar-refractivity contribution in [2.75, 3.05) is 11.8 Å². The number of carbonyl (C=O) groups excluding carboxylic acids is 1. The van der Waals surface area contributed by atoms with Crippen molar-refractivity contribution in [3.05, 3.63) is 12.2 Å². The zero-order chi connectivity index (χ0) is 11.0. The molecule has 1 aliphatic rings. The number of hydrogen-bond acceptors (Lipinski definition) is 3. The zero-order valence-corrected chi connectivity index (χ0v) is 8.79. The fraction of sp³-hybridized carbons (Fsp3) is 0.500. The molecule has 0 amide bonds. The van der Waals surface area contributed by atoms with Gasteiger partial charge in [0.15, 0.2) is 0 Å². The smallest absolute Gasteiger partial charge is 0.328 e. The summed E-state index contributed by atoms with van der Waals surface area (Å²) in [7, 11) is 0. The van der Waals surface area contributed by atoms with Crippen LogP contribution in [-0.4, -0.2) is 34.9 Å². The van der Waals surface area contributed by atoms with E-state index in [1.165, 1.54) is 6.08 Å². The molecule has 1 rings (SSSR count). The van der Waals surface area contributed by atoms with Gasteiger partial charge in [0.2, 0.25) is 0 Å². The SMILES string of the molecule is O=C(O)C=CCCl.O=C1CC(CCl)O1. The van der Waals surface area contributed by atoms with Gasteiger partial charge in [-0.25, -0.2) is 4.79 Å². The molecule has 0 aromatic heterocycles. The van der Waals surface area contributed by atoms with E-state index < -0.39 is 5.97 Å². The summed E-state index contributed by atoms with van der Waals surface area (Å²) in [6.07, 6.45) is 2.88. The van der Waals surface area contributed by atoms with Gasteiger partial charge in [0.25, 0.3) is 0 Å². The molecule has 1 aliphatic heterocycles. The highest BCUT2D eigenvalue weighted by atomic mass is 35.5. The van der Waals surface area contributed by atoms with Crippen LogP contribution >= 0.6 is 23.2 Å². The summed E-state index contributed by atoms with van der Waals surface area (Å²) in [4.78, 5) is 19.6. The standard InChI is InChI=1S/2C4H5ClO2/c5-2-3-1-4(6)7-3;5-3-1-2-4(6)7/h3H,1-2H2;1-2H,3H2,(H,6,7). The lowest BCUT2D eigenvalue weighted by molar-refractivity contribution is -0.166. The number of aliphatic carboxylic acids is 1. The van der Waals surface area contributed by atoms with Crippen LogP contribution in [0.5, 0.6) is 0 Å². The first-order chi connectivity index (χ1) is 6.60. The van der Waals surface area contributed by atoms with Gasteiger partial charge >= 0.3 is 11.9 Å². The lowest BCUT2D eigenvalue weighted by Gasteiger charge is -2.22. The Morgan fingerprint density at radius 1 is 1.64 bits per heavy atom. The van der Waals surface area contributed by atoms with E-state index in [0.717, 1.165) is 6.08 Å². The van der Waals surface area contributed by atoms with Crippen molar-refractivity contribution >= 4 is 35.1 Å². The van der Waals surface area contributed by atoms with E-state index in [1.54, 1.807) is 0 Å². The summed E-state index contributed by atoms with van der Waals surface area (Å²) in [6, 6.07) is 0. The van der Waals surface area contributed by atoms with Crippen LogP contribution in [0.4, 0.5) is 0 Å². The Kier molecular flexibility index (Phi) is 7.24. The molecule has 6 heteroatoms. The molecule has 4 nitrogen and oxygen atoms in total. The highest BCUT2D eigenvalue weighted by Crippen LogP contribution is 2.13. The highest BCUT2D eigenvalue weighted by Gasteiger charge is 2.26. The van der Waals surface area contributed by atoms with Crippen molar-refractivity contribution in [1.82, 2.24) is 0 Å². The zero-order valence-electron chi connectivity index (χ0n) is 7.28. The van der Waals surface area contributed by atoms with Crippen LogP contribution in [0.1, 0.15) is 6.42 Å². The number of esters is 1. The summed E-state index contributed by atoms with van der Waals surface area (Å²) < 4.78 is 4.52. The van der Waals surface area contributed by atoms with Crippen molar-refractivity contribution in [1.29, 1.82) is 0 Å². The predicted octanol–water partition coefficient (Wildman–Crippen LogP) is 1.41. The van der Waals surface area contributed by atoms with Crippen molar-refractivity contribution in [3.8, 4) is 0 Å². The average Bonchev–Trinajstić information content (AvgIpc) is 2.10. The third-order valence-corrected chi connectivity index (χ3v) is 1.74. The average molecular weight is 241 g/mol. The monoisotopic (exact) mass is 240 g/mol. The van der Waals surface area contributed by atoms with E-state index in [-0.39, 0.29) is 18.0 Å². The molecule has 0 aromatic carbocycles. The van der Waals surface area contributed by atoms with E-state index in [0.29, 0.717) is 12.3 Å². The highest BCUT2D eigenvalue weighted by molar-refractivity contribution is 6.19. The van der Waals surface area contributed by atoms with Gasteiger partial charge in [-0.3, -0.25) is 4.79 Å². The molecule has 0 saturated carbocycles. The molecule has 80 valence electrons. The number of alkyl halides is 2. The third-order valence-electron chi connectivity index (χ3n) is 1.21. The number of hydrogen-bond donors (Lipinski definition) is 1. The predicted molar refractivity (Wildman–Crippen MR) is 52.7 cm³/mol. The maximum Gasteiger partial charge on any atom is 0.328 e. The van der Waals surface area contributed by atoms with Gasteiger partial charge < -0.3 is 9.84 Å². The largest absolute Gasteiger partial charge is 0.478 e. The summed E-state index contributed by atoms with van der Waals surface area (Å²) in [5, 5.41) is 7.90. The first kappa shape index (κ1) is 13.3. The Hall–Kier alpha value is -0.740. The number of cyclic esters (lactones) is 1. The van der Waals surface area contributed by atoms with Crippen LogP contribution < -0.4 is 0 Å². The van der Waals surface area contributed by atoms with Gasteiger partial charge in [0, 0.05) is 12.0 Å². The second-order valence-electron chi connectivity index (χ2n) is 2.37. The fourth-order valence-corrected chi connectivity index (χ4v) is 0.855. The summed E-state index contributed by atoms with van der Waals surface area (Å²) in [5.74, 6) is -0.399. The van der Waals surface area contributed by atoms with Crippen LogP contribution in [0, 0.1) is 0 Å². The molecule has 0 radical (unpaired) electrons. The number of carboxylic acids is 1. The number of carbonyl (C=O) groups is 2. The molecule has 14 heavy (non-hydrogen) atoms. The molecule has 0 bridgehead atoms. The Morgan fingerprint density at radius 2 is 2.21 bits per heavy atom. The second-order valence-corrected chi connectivity index (χ2v) is 2.98. The first-order valence-electron chi connectivity index (χ1n) is 3.81. The van der Waals surface area contributed by atoms with Gasteiger partial charge in [0.1, 0.15) is 6.10 Å². The topological polar surface area (TPSA) is 63.6 Å². The van der Waals surface area contributed by atoms with Gasteiger partial charge in [-0.15, -0.1) is 23.2 Å². The maximum atomic E-state index is 9.99. The number of carboxylic acid groups (broad SMARTS) is 1. The second kappa shape index (κ2) is 7.64. The molecular formula is C8H10Cl2O4. The quantitative estimate of drug-likeness (QED) is 0.461. The maximum absolute atomic E-state index is 9.99. The van der Waals surface area contributed by atoms with Crippen molar-refractivity contribution < 1.29 is 19.4 Å². The minimum Gasteiger partial charge on any atom is -0.478 e. The Bertz CT molecular complexity index is 219. The van der Waals surface area contributed by atoms with Gasteiger partial charge in [-0.05, 0) is 0 Å². The number of rotatable bonds is 3. The summed E-state index contributed by atoms with van der Waals surface area (Å²) in [5.41, 5.74) is 0. The minimum absolute atomic E-state index is 0.00849. The van der Waals surface area contributed by atoms with Gasteiger partial charge in [-0.1, -0.05) is 6.08 Å². The van der Waals surface area contributed by atoms with Crippen molar-refractivity contribution in [3.63, 3.8) is 0 Å². The summed E-state index contributed by atoms with van der Waals surface area (Å²) >= 11 is 10.4. The molecule has 1 heterocycles. The van der Waals surface area contributed by atoms with Gasteiger partial charge in [0.05, 0.1) is 12.3 Å². The van der Waals surface area contributed by atoms with E-state index in [4.69, 9.17) is 28.3 Å². The van der Waals surface area contributed by atoms with Crippen LogP contribution in [-0.2, 0) is 14.3 Å². The van der Waals surface area contributed by atoms with Crippen molar-refractivity contribution in [2.24, 2.45) is 0 Å². The Labute approximate surface area is 91.4 Å². The van der Waals surface area contributed by atoms with E-state index >= 15 is 0 Å². The van der Waals surface area contributed by atoms with Crippen LogP contribution in [0.3, 0.4) is 0 Å². The number of halogens is 2. The number of ether oxygens (including phenoxy) is 1. The first-order valence-corrected chi connectivity index (χ1v) is 4.88.